The second-order valence-electron chi connectivity index (χ2n) is 5.32. The van der Waals surface area contributed by atoms with Crippen LogP contribution in [0.2, 0.25) is 0 Å². The maximum atomic E-state index is 13.3. The molecule has 3 rings (SSSR count). The molecule has 0 aromatic heterocycles. The molecule has 3 aromatic carbocycles. The second-order valence-corrected chi connectivity index (χ2v) is 5.32. The highest BCUT2D eigenvalue weighted by atomic mass is 19.2. The van der Waals surface area contributed by atoms with E-state index in [-0.39, 0.29) is 11.1 Å². The maximum Gasteiger partial charge on any atom is 0.266 e. The molecule has 0 aliphatic carbocycles. The van der Waals surface area contributed by atoms with Gasteiger partial charge in [-0.3, -0.25) is 4.79 Å². The van der Waals surface area contributed by atoms with E-state index in [4.69, 9.17) is 0 Å². The predicted octanol–water partition coefficient (Wildman–Crippen LogP) is 4.66. The molecule has 1 amide bonds. The van der Waals surface area contributed by atoms with Crippen LogP contribution in [0.1, 0.15) is 5.56 Å². The number of halogens is 2. The summed E-state index contributed by atoms with van der Waals surface area (Å²) in [6, 6.07) is 17.9. The molecule has 0 aliphatic heterocycles. The van der Waals surface area contributed by atoms with E-state index in [9.17, 15) is 18.8 Å². The lowest BCUT2D eigenvalue weighted by Crippen LogP contribution is -2.13. The summed E-state index contributed by atoms with van der Waals surface area (Å²) < 4.78 is 26.2. The Hall–Kier alpha value is -3.52. The summed E-state index contributed by atoms with van der Waals surface area (Å²) in [5.74, 6) is -2.65. The Morgan fingerprint density at radius 2 is 1.76 bits per heavy atom. The number of nitriles is 1. The molecule has 3 nitrogen and oxygen atoms in total. The van der Waals surface area contributed by atoms with Crippen molar-refractivity contribution in [2.24, 2.45) is 0 Å². The van der Waals surface area contributed by atoms with Gasteiger partial charge in [0.2, 0.25) is 0 Å². The van der Waals surface area contributed by atoms with Crippen molar-refractivity contribution in [3.8, 4) is 6.07 Å². The molecule has 0 radical (unpaired) electrons. The summed E-state index contributed by atoms with van der Waals surface area (Å²) >= 11 is 0. The van der Waals surface area contributed by atoms with Crippen LogP contribution in [0.5, 0.6) is 0 Å². The van der Waals surface area contributed by atoms with Crippen molar-refractivity contribution in [1.82, 2.24) is 0 Å². The van der Waals surface area contributed by atoms with E-state index < -0.39 is 17.5 Å². The molecule has 0 atom stereocenters. The summed E-state index contributed by atoms with van der Waals surface area (Å²) in [4.78, 5) is 12.4. The molecule has 0 saturated carbocycles. The fourth-order valence-corrected chi connectivity index (χ4v) is 2.44. The van der Waals surface area contributed by atoms with Gasteiger partial charge >= 0.3 is 0 Å². The number of benzene rings is 3. The summed E-state index contributed by atoms with van der Waals surface area (Å²) in [5.41, 5.74) is 0.581. The molecule has 0 bridgehead atoms. The van der Waals surface area contributed by atoms with Gasteiger partial charge in [0.25, 0.3) is 5.91 Å². The summed E-state index contributed by atoms with van der Waals surface area (Å²) in [6.07, 6.45) is 1.21. The lowest BCUT2D eigenvalue weighted by molar-refractivity contribution is -0.112. The Morgan fingerprint density at radius 1 is 1.00 bits per heavy atom. The Kier molecular flexibility index (Phi) is 4.53. The minimum atomic E-state index is -1.04. The number of rotatable bonds is 3. The zero-order valence-corrected chi connectivity index (χ0v) is 13.0. The van der Waals surface area contributed by atoms with Crippen molar-refractivity contribution in [2.45, 2.75) is 0 Å². The number of nitrogens with zero attached hydrogens (tertiary/aromatic N) is 1. The molecule has 3 aromatic rings. The average molecular weight is 334 g/mol. The molecule has 0 unspecified atom stereocenters. The van der Waals surface area contributed by atoms with Crippen LogP contribution in [-0.4, -0.2) is 5.91 Å². The molecule has 0 spiro atoms. The summed E-state index contributed by atoms with van der Waals surface area (Å²) in [5, 5.41) is 13.7. The smallest absolute Gasteiger partial charge is 0.266 e. The van der Waals surface area contributed by atoms with Crippen molar-refractivity contribution in [1.29, 1.82) is 5.26 Å². The van der Waals surface area contributed by atoms with Crippen molar-refractivity contribution >= 4 is 28.4 Å². The van der Waals surface area contributed by atoms with Gasteiger partial charge in [-0.05, 0) is 35.2 Å². The van der Waals surface area contributed by atoms with Gasteiger partial charge < -0.3 is 5.32 Å². The van der Waals surface area contributed by atoms with Gasteiger partial charge in [0, 0.05) is 11.1 Å². The fourth-order valence-electron chi connectivity index (χ4n) is 2.44. The normalized spacial score (nSPS) is 11.2. The van der Waals surface area contributed by atoms with Gasteiger partial charge in [-0.2, -0.15) is 5.26 Å². The second kappa shape index (κ2) is 6.93. The topological polar surface area (TPSA) is 52.9 Å². The van der Waals surface area contributed by atoms with Gasteiger partial charge in [-0.1, -0.05) is 42.5 Å². The van der Waals surface area contributed by atoms with Crippen LogP contribution in [0.25, 0.3) is 16.8 Å². The van der Waals surface area contributed by atoms with E-state index in [1.807, 2.05) is 30.3 Å². The number of anilines is 1. The minimum Gasteiger partial charge on any atom is -0.321 e. The molecule has 25 heavy (non-hydrogen) atoms. The first kappa shape index (κ1) is 16.3. The molecule has 0 saturated heterocycles. The first-order chi connectivity index (χ1) is 12.1. The molecule has 1 N–H and O–H groups in total. The minimum absolute atomic E-state index is 0.209. The predicted molar refractivity (Wildman–Crippen MR) is 92.5 cm³/mol. The van der Waals surface area contributed by atoms with Gasteiger partial charge in [0.1, 0.15) is 11.6 Å². The number of fused-ring (bicyclic) bond motifs is 1. The van der Waals surface area contributed by atoms with Gasteiger partial charge in [0.15, 0.2) is 11.6 Å². The van der Waals surface area contributed by atoms with Crippen LogP contribution in [0.15, 0.2) is 66.2 Å². The van der Waals surface area contributed by atoms with Gasteiger partial charge in [-0.15, -0.1) is 0 Å². The number of hydrogen-bond acceptors (Lipinski definition) is 2. The van der Waals surface area contributed by atoms with E-state index in [2.05, 4.69) is 5.32 Å². The van der Waals surface area contributed by atoms with Crippen LogP contribution >= 0.6 is 0 Å². The number of carbonyl (C=O) groups excluding carboxylic acids is 1. The SMILES string of the molecule is N#C/C(=C\c1ccc(F)c(F)c1)C(=O)Nc1cccc2ccccc12. The van der Waals surface area contributed by atoms with Crippen LogP contribution in [0.4, 0.5) is 14.5 Å². The maximum absolute atomic E-state index is 13.3. The third-order valence-electron chi connectivity index (χ3n) is 3.66. The first-order valence-electron chi connectivity index (χ1n) is 7.44. The van der Waals surface area contributed by atoms with Gasteiger partial charge in [-0.25, -0.2) is 8.78 Å². The van der Waals surface area contributed by atoms with E-state index in [0.717, 1.165) is 22.9 Å². The standard InChI is InChI=1S/C20H12F2N2O/c21-17-9-8-13(11-18(17)22)10-15(12-23)20(25)24-19-7-3-5-14-4-1-2-6-16(14)19/h1-11H,(H,24,25)/b15-10+. The van der Waals surface area contributed by atoms with E-state index in [0.29, 0.717) is 5.69 Å². The zero-order valence-electron chi connectivity index (χ0n) is 13.0. The highest BCUT2D eigenvalue weighted by Gasteiger charge is 2.12. The van der Waals surface area contributed by atoms with Crippen molar-refractivity contribution < 1.29 is 13.6 Å². The monoisotopic (exact) mass is 334 g/mol. The molecule has 5 heteroatoms. The van der Waals surface area contributed by atoms with Crippen LogP contribution in [-0.2, 0) is 4.79 Å². The highest BCUT2D eigenvalue weighted by molar-refractivity contribution is 6.12. The number of carbonyl (C=O) groups is 1. The Bertz CT molecular complexity index is 1030. The van der Waals surface area contributed by atoms with Crippen LogP contribution in [0, 0.1) is 23.0 Å². The molecular formula is C20H12F2N2O. The fraction of sp³-hybridized carbons (Fsp3) is 0. The largest absolute Gasteiger partial charge is 0.321 e. The number of hydrogen-bond donors (Lipinski definition) is 1. The van der Waals surface area contributed by atoms with E-state index in [1.165, 1.54) is 12.1 Å². The lowest BCUT2D eigenvalue weighted by Gasteiger charge is -2.08. The van der Waals surface area contributed by atoms with Crippen molar-refractivity contribution in [3.63, 3.8) is 0 Å². The van der Waals surface area contributed by atoms with E-state index in [1.54, 1.807) is 18.2 Å². The third-order valence-corrected chi connectivity index (χ3v) is 3.66. The molecule has 122 valence electrons. The third kappa shape index (κ3) is 3.54. The lowest BCUT2D eigenvalue weighted by atomic mass is 10.1. The van der Waals surface area contributed by atoms with Crippen LogP contribution in [0.3, 0.4) is 0 Å². The van der Waals surface area contributed by atoms with Gasteiger partial charge in [0.05, 0.1) is 0 Å². The molecule has 0 fully saturated rings. The number of nitrogens with one attached hydrogen (secondary N) is 1. The summed E-state index contributed by atoms with van der Waals surface area (Å²) in [6.45, 7) is 0. The molecule has 0 aliphatic rings. The Balaban J connectivity index is 1.91. The van der Waals surface area contributed by atoms with Crippen molar-refractivity contribution in [2.75, 3.05) is 5.32 Å². The first-order valence-corrected chi connectivity index (χ1v) is 7.44. The molecule has 0 heterocycles. The molecular weight excluding hydrogens is 322 g/mol. The highest BCUT2D eigenvalue weighted by Crippen LogP contribution is 2.23. The zero-order chi connectivity index (χ0) is 17.8. The van der Waals surface area contributed by atoms with Crippen molar-refractivity contribution in [3.05, 3.63) is 83.4 Å². The Morgan fingerprint density at radius 3 is 2.52 bits per heavy atom. The number of amides is 1. The Labute approximate surface area is 142 Å². The quantitative estimate of drug-likeness (QED) is 0.559. The van der Waals surface area contributed by atoms with Crippen LogP contribution < -0.4 is 5.32 Å². The average Bonchev–Trinajstić information content (AvgIpc) is 2.63. The van der Waals surface area contributed by atoms with E-state index >= 15 is 0 Å². The summed E-state index contributed by atoms with van der Waals surface area (Å²) in [7, 11) is 0.